The number of amidine groups is 1. The van der Waals surface area contributed by atoms with Gasteiger partial charge in [0, 0.05) is 11.6 Å². The quantitative estimate of drug-likeness (QED) is 0.447. The Hall–Kier alpha value is -2.18. The molecule has 8 heteroatoms. The van der Waals surface area contributed by atoms with Gasteiger partial charge in [0.05, 0.1) is 25.7 Å². The second kappa shape index (κ2) is 8.05. The van der Waals surface area contributed by atoms with Crippen molar-refractivity contribution in [2.24, 2.45) is 4.99 Å². The molecule has 1 N–H and O–H groups in total. The van der Waals surface area contributed by atoms with E-state index >= 15 is 0 Å². The van der Waals surface area contributed by atoms with Gasteiger partial charge in [-0.25, -0.2) is 4.99 Å². The molecule has 28 heavy (non-hydrogen) atoms. The van der Waals surface area contributed by atoms with Crippen LogP contribution < -0.4 is 5.32 Å². The van der Waals surface area contributed by atoms with E-state index in [4.69, 9.17) is 39.2 Å². The number of aliphatic imine (C=N–C) groups is 1. The average Bonchev–Trinajstić information content (AvgIpc) is 3.27. The number of rotatable bonds is 3. The molecule has 3 aromatic rings. The minimum atomic E-state index is -0.266. The van der Waals surface area contributed by atoms with Crippen LogP contribution in [0.15, 0.2) is 68.9 Å². The highest BCUT2D eigenvalue weighted by atomic mass is 35.5. The fourth-order valence-corrected chi connectivity index (χ4v) is 3.92. The Kier molecular flexibility index (Phi) is 5.51. The second-order valence-corrected chi connectivity index (χ2v) is 7.96. The van der Waals surface area contributed by atoms with Crippen LogP contribution in [0.4, 0.5) is 5.69 Å². The molecule has 1 aliphatic rings. The number of halogens is 3. The highest BCUT2D eigenvalue weighted by molar-refractivity contribution is 8.18. The molecule has 1 aliphatic heterocycles. The Bertz CT molecular complexity index is 1140. The fourth-order valence-electron chi connectivity index (χ4n) is 2.53. The van der Waals surface area contributed by atoms with Gasteiger partial charge in [0.2, 0.25) is 0 Å². The molecule has 0 atom stereocenters. The van der Waals surface area contributed by atoms with Crippen LogP contribution in [0.3, 0.4) is 0 Å². The van der Waals surface area contributed by atoms with E-state index in [9.17, 15) is 4.79 Å². The Balaban J connectivity index is 1.58. The van der Waals surface area contributed by atoms with Gasteiger partial charge in [0.15, 0.2) is 5.17 Å². The van der Waals surface area contributed by atoms with Gasteiger partial charge in [-0.05, 0) is 48.2 Å². The van der Waals surface area contributed by atoms with Crippen LogP contribution in [0, 0.1) is 0 Å². The minimum absolute atomic E-state index is 0.266. The number of hydrogen-bond donors (Lipinski definition) is 1. The zero-order valence-corrected chi connectivity index (χ0v) is 17.2. The Morgan fingerprint density at radius 3 is 2.57 bits per heavy atom. The van der Waals surface area contributed by atoms with Gasteiger partial charge >= 0.3 is 0 Å². The molecule has 4 nitrogen and oxygen atoms in total. The van der Waals surface area contributed by atoms with Gasteiger partial charge in [-0.15, -0.1) is 0 Å². The number of nitrogens with zero attached hydrogens (tertiary/aromatic N) is 1. The number of carbonyl (C=O) groups is 1. The molecule has 1 saturated heterocycles. The Morgan fingerprint density at radius 1 is 0.964 bits per heavy atom. The van der Waals surface area contributed by atoms with Crippen molar-refractivity contribution < 1.29 is 9.21 Å². The number of benzene rings is 2. The molecule has 1 amide bonds. The average molecular weight is 450 g/mol. The van der Waals surface area contributed by atoms with Gasteiger partial charge < -0.3 is 9.73 Å². The minimum Gasteiger partial charge on any atom is -0.457 e. The number of nitrogens with one attached hydrogen (secondary N) is 1. The Morgan fingerprint density at radius 2 is 1.75 bits per heavy atom. The first-order valence-electron chi connectivity index (χ1n) is 8.09. The van der Waals surface area contributed by atoms with Gasteiger partial charge in [-0.3, -0.25) is 4.79 Å². The van der Waals surface area contributed by atoms with Crippen molar-refractivity contribution in [2.45, 2.75) is 0 Å². The largest absolute Gasteiger partial charge is 0.457 e. The molecule has 0 radical (unpaired) electrons. The van der Waals surface area contributed by atoms with Crippen molar-refractivity contribution in [3.8, 4) is 11.3 Å². The van der Waals surface area contributed by atoms with Crippen LogP contribution >= 0.6 is 46.6 Å². The summed E-state index contributed by atoms with van der Waals surface area (Å²) in [7, 11) is 0. The molecule has 1 aromatic heterocycles. The molecule has 2 heterocycles. The van der Waals surface area contributed by atoms with Crippen molar-refractivity contribution >= 4 is 69.4 Å². The van der Waals surface area contributed by atoms with E-state index in [1.165, 1.54) is 11.8 Å². The molecule has 1 fully saturated rings. The lowest BCUT2D eigenvalue weighted by Gasteiger charge is -2.00. The van der Waals surface area contributed by atoms with Crippen LogP contribution in [0.2, 0.25) is 15.1 Å². The van der Waals surface area contributed by atoms with Crippen molar-refractivity contribution in [1.29, 1.82) is 0 Å². The van der Waals surface area contributed by atoms with Gasteiger partial charge in [0.25, 0.3) is 5.91 Å². The van der Waals surface area contributed by atoms with Gasteiger partial charge in [-0.2, -0.15) is 0 Å². The normalized spacial score (nSPS) is 16.8. The third kappa shape index (κ3) is 3.98. The molecule has 0 saturated carbocycles. The van der Waals surface area contributed by atoms with Crippen molar-refractivity contribution in [1.82, 2.24) is 5.32 Å². The zero-order chi connectivity index (χ0) is 19.7. The molecule has 0 spiro atoms. The van der Waals surface area contributed by atoms with Crippen LogP contribution in [-0.2, 0) is 4.79 Å². The van der Waals surface area contributed by atoms with Crippen LogP contribution in [0.25, 0.3) is 17.4 Å². The first kappa shape index (κ1) is 19.2. The van der Waals surface area contributed by atoms with E-state index in [2.05, 4.69) is 10.3 Å². The Labute approximate surface area is 180 Å². The second-order valence-electron chi connectivity index (χ2n) is 5.74. The lowest BCUT2D eigenvalue weighted by molar-refractivity contribution is -0.115. The molecule has 0 aliphatic carbocycles. The lowest BCUT2D eigenvalue weighted by atomic mass is 10.2. The van der Waals surface area contributed by atoms with E-state index in [0.29, 0.717) is 42.3 Å². The maximum absolute atomic E-state index is 12.3. The number of thioether (sulfide) groups is 1. The number of hydrogen-bond acceptors (Lipinski definition) is 4. The number of amides is 1. The summed E-state index contributed by atoms with van der Waals surface area (Å²) in [4.78, 5) is 17.1. The molecular formula is C20H11Cl3N2O2S. The summed E-state index contributed by atoms with van der Waals surface area (Å²) in [5.41, 5.74) is 1.27. The van der Waals surface area contributed by atoms with Crippen LogP contribution in [0.5, 0.6) is 0 Å². The molecule has 0 bridgehead atoms. The summed E-state index contributed by atoms with van der Waals surface area (Å²) in [5.74, 6) is 0.896. The van der Waals surface area contributed by atoms with E-state index in [0.717, 1.165) is 5.56 Å². The van der Waals surface area contributed by atoms with Crippen molar-refractivity contribution in [2.75, 3.05) is 0 Å². The van der Waals surface area contributed by atoms with Crippen LogP contribution in [0.1, 0.15) is 5.76 Å². The van der Waals surface area contributed by atoms with Crippen molar-refractivity contribution in [3.63, 3.8) is 0 Å². The first-order valence-corrected chi connectivity index (χ1v) is 10.0. The maximum Gasteiger partial charge on any atom is 0.264 e. The van der Waals surface area contributed by atoms with E-state index in [1.54, 1.807) is 36.4 Å². The fraction of sp³-hybridized carbons (Fsp3) is 0. The number of furan rings is 1. The van der Waals surface area contributed by atoms with E-state index < -0.39 is 0 Å². The number of carbonyl (C=O) groups excluding carboxylic acids is 1. The highest BCUT2D eigenvalue weighted by Crippen LogP contribution is 2.35. The summed E-state index contributed by atoms with van der Waals surface area (Å²) in [6.07, 6.45) is 1.66. The van der Waals surface area contributed by atoms with E-state index in [-0.39, 0.29) is 5.91 Å². The molecule has 0 unspecified atom stereocenters. The smallest absolute Gasteiger partial charge is 0.264 e. The lowest BCUT2D eigenvalue weighted by Crippen LogP contribution is -2.19. The summed E-state index contributed by atoms with van der Waals surface area (Å²) in [5, 5.41) is 4.45. The summed E-state index contributed by atoms with van der Waals surface area (Å²) < 4.78 is 5.82. The highest BCUT2D eigenvalue weighted by Gasteiger charge is 2.24. The van der Waals surface area contributed by atoms with Crippen LogP contribution in [-0.4, -0.2) is 11.1 Å². The third-order valence-electron chi connectivity index (χ3n) is 3.84. The summed E-state index contributed by atoms with van der Waals surface area (Å²) >= 11 is 19.5. The molecule has 140 valence electrons. The summed E-state index contributed by atoms with van der Waals surface area (Å²) in [6, 6.07) is 16.1. The molecule has 4 rings (SSSR count). The van der Waals surface area contributed by atoms with Gasteiger partial charge in [-0.1, -0.05) is 53.0 Å². The zero-order valence-electron chi connectivity index (χ0n) is 14.1. The maximum atomic E-state index is 12.3. The van der Waals surface area contributed by atoms with E-state index in [1.807, 2.05) is 24.3 Å². The monoisotopic (exact) mass is 448 g/mol. The molecule has 2 aromatic carbocycles. The topological polar surface area (TPSA) is 54.6 Å². The molecular weight excluding hydrogens is 439 g/mol. The third-order valence-corrected chi connectivity index (χ3v) is 5.89. The predicted octanol–water partition coefficient (Wildman–Crippen LogP) is 6.80. The van der Waals surface area contributed by atoms with Crippen molar-refractivity contribution in [3.05, 3.63) is 80.3 Å². The SMILES string of the molecule is O=C1NC(=Nc2cccc(Cl)c2Cl)S/C1=C/c1ccc(-c2ccccc2Cl)o1. The summed E-state index contributed by atoms with van der Waals surface area (Å²) in [6.45, 7) is 0. The van der Waals surface area contributed by atoms with Gasteiger partial charge in [0.1, 0.15) is 11.5 Å². The first-order chi connectivity index (χ1) is 13.5. The predicted molar refractivity (Wildman–Crippen MR) is 116 cm³/mol. The standard InChI is InChI=1S/C20H11Cl3N2O2S/c21-13-5-2-1-4-12(13)16-9-8-11(27-16)10-17-19(26)25-20(28-17)24-15-7-3-6-14(22)18(15)23/h1-10H,(H,24,25,26)/b17-10+.